The fraction of sp³-hybridized carbons (Fsp3) is 0. The van der Waals surface area contributed by atoms with Gasteiger partial charge in [-0.2, -0.15) is 0 Å². The molecule has 0 aliphatic rings. The molecule has 0 amide bonds. The van der Waals surface area contributed by atoms with E-state index in [1.807, 2.05) is 0 Å². The second-order valence-corrected chi connectivity index (χ2v) is 0.682. The Bertz CT molecular complexity index is 29.0. The van der Waals surface area contributed by atoms with Crippen LogP contribution in [0.15, 0.2) is 0 Å². The molecule has 0 aliphatic carbocycles. The Balaban J connectivity index is 0. The summed E-state index contributed by atoms with van der Waals surface area (Å²) in [5, 5.41) is 0. The fourth-order valence-electron chi connectivity index (χ4n) is 0. The van der Waals surface area contributed by atoms with Crippen molar-refractivity contribution in [2.45, 2.75) is 0 Å². The maximum absolute atomic E-state index is 8.72. The van der Waals surface area contributed by atoms with Crippen LogP contribution < -0.4 is 0 Å². The van der Waals surface area contributed by atoms with Gasteiger partial charge in [0.2, 0.25) is 0 Å². The zero-order valence-electron chi connectivity index (χ0n) is 1.72. The molecule has 0 saturated heterocycles. The van der Waals surface area contributed by atoms with Gasteiger partial charge in [0.25, 0.3) is 0 Å². The van der Waals surface area contributed by atoms with Crippen LogP contribution in [0.5, 0.6) is 0 Å². The van der Waals surface area contributed by atoms with Gasteiger partial charge in [-0.25, -0.2) is 0 Å². The van der Waals surface area contributed by atoms with Gasteiger partial charge in [0.05, 0.1) is 0 Å². The zero-order chi connectivity index (χ0) is 2.71. The summed E-state index contributed by atoms with van der Waals surface area (Å²) in [7, 11) is 0. The molecule has 3 heteroatoms. The molecule has 0 radical (unpaired) electrons. The Morgan fingerprint density at radius 3 is 1.75 bits per heavy atom. The van der Waals surface area contributed by atoms with Crippen molar-refractivity contribution < 1.29 is 45.2 Å². The van der Waals surface area contributed by atoms with Gasteiger partial charge in [-0.3, -0.25) is 0 Å². The van der Waals surface area contributed by atoms with Crippen LogP contribution in [0.4, 0.5) is 0 Å². The summed E-state index contributed by atoms with van der Waals surface area (Å²) in [6.07, 6.45) is 0. The van der Waals surface area contributed by atoms with E-state index in [1.165, 1.54) is 0 Å². The van der Waals surface area contributed by atoms with Crippen LogP contribution >= 0.6 is 0 Å². The average molecular weight is 308 g/mol. The van der Waals surface area contributed by atoms with E-state index in [0.717, 1.165) is 19.4 Å². The van der Waals surface area contributed by atoms with Crippen LogP contribution in [-0.4, -0.2) is 4.27 Å². The topological polar surface area (TPSA) is 17.1 Å². The molecular weight excluding hydrogens is 308 g/mol. The number of hydrogen-bond acceptors (Lipinski definition) is 1. The average Bonchev–Trinajstić information content (AvgIpc) is 0.918. The number of hydrogen-bond donors (Lipinski definition) is 0. The van der Waals surface area contributed by atoms with Crippen LogP contribution in [0.2, 0.25) is 0 Å². The van der Waals surface area contributed by atoms with Crippen molar-refractivity contribution >= 4 is 4.27 Å². The molecule has 0 heterocycles. The maximum atomic E-state index is 8.72. The molecule has 0 spiro atoms. The number of rotatable bonds is 0. The minimum Gasteiger partial charge on any atom is 0 e. The molecule has 0 atom stereocenters. The second-order valence-electron chi connectivity index (χ2n) is 0.0833. The second kappa shape index (κ2) is 9.03. The number of carbonyl (C=O) groups excluding carboxylic acids is 1. The minimum atomic E-state index is 0. The molecule has 0 bridgehead atoms. The quantitative estimate of drug-likeness (QED) is 0.557. The molecule has 0 aromatic rings. The zero-order valence-corrected chi connectivity index (χ0v) is 6.67. The summed E-state index contributed by atoms with van der Waals surface area (Å²) in [5.41, 5.74) is 0. The van der Waals surface area contributed by atoms with Crippen molar-refractivity contribution in [3.8, 4) is 0 Å². The van der Waals surface area contributed by atoms with E-state index in [-0.39, 0.29) is 21.1 Å². The summed E-state index contributed by atoms with van der Waals surface area (Å²) in [6, 6.07) is 0. The molecule has 0 aliphatic heterocycles. The summed E-state index contributed by atoms with van der Waals surface area (Å²) in [6.45, 7) is 0. The molecule has 0 aromatic heterocycles. The van der Waals surface area contributed by atoms with E-state index in [9.17, 15) is 0 Å². The molecule has 0 unspecified atom stereocenters. The van der Waals surface area contributed by atoms with Crippen LogP contribution in [0, 0.1) is 0 Å². The third kappa shape index (κ3) is 12.4. The van der Waals surface area contributed by atoms with Crippen LogP contribution in [0.3, 0.4) is 0 Å². The van der Waals surface area contributed by atoms with Gasteiger partial charge < -0.3 is 0 Å². The van der Waals surface area contributed by atoms with Crippen LogP contribution in [0.1, 0.15) is 0 Å². The van der Waals surface area contributed by atoms with Gasteiger partial charge in [0.15, 0.2) is 0 Å². The van der Waals surface area contributed by atoms with Crippen molar-refractivity contribution in [2.24, 2.45) is 0 Å². The van der Waals surface area contributed by atoms with Crippen LogP contribution in [0.25, 0.3) is 0 Å². The van der Waals surface area contributed by atoms with Gasteiger partial charge >= 0.3 is 28.4 Å². The van der Waals surface area contributed by atoms with Crippen LogP contribution in [-0.2, 0) is 45.2 Å². The molecule has 0 rings (SSSR count). The van der Waals surface area contributed by atoms with E-state index in [2.05, 4.69) is 0 Å². The third-order valence-electron chi connectivity index (χ3n) is 0. The molecule has 0 fully saturated rings. The van der Waals surface area contributed by atoms with Crippen molar-refractivity contribution in [2.75, 3.05) is 0 Å². The predicted molar refractivity (Wildman–Crippen MR) is 5.69 cm³/mol. The molecule has 1 nitrogen and oxygen atoms in total. The van der Waals surface area contributed by atoms with Crippen molar-refractivity contribution in [3.05, 3.63) is 0 Å². The standard InChI is InChI=1S/CO.Mo.W/c1-2;;. The van der Waals surface area contributed by atoms with Gasteiger partial charge in [-0.15, -0.1) is 0 Å². The van der Waals surface area contributed by atoms with Crippen molar-refractivity contribution in [1.29, 1.82) is 0 Å². The maximum Gasteiger partial charge on any atom is 0 e. The third-order valence-corrected chi connectivity index (χ3v) is 0. The minimum absolute atomic E-state index is 0. The predicted octanol–water partition coefficient (Wildman–Crippen LogP) is -0.402. The first-order valence-corrected chi connectivity index (χ1v) is 1.87. The molecule has 0 aromatic carbocycles. The first kappa shape index (κ1) is 8.88. The molecule has 0 N–H and O–H groups in total. The normalized spacial score (nSPS) is 2.00. The SMILES string of the molecule is O=[C]=[W].[Mo]. The Hall–Kier alpha value is 0.957. The van der Waals surface area contributed by atoms with Gasteiger partial charge in [-0.1, -0.05) is 0 Å². The Morgan fingerprint density at radius 2 is 1.75 bits per heavy atom. The molecular formula is CMoOW. The van der Waals surface area contributed by atoms with E-state index in [0.29, 0.717) is 0 Å². The molecule has 22 valence electrons. The van der Waals surface area contributed by atoms with E-state index < -0.39 is 0 Å². The summed E-state index contributed by atoms with van der Waals surface area (Å²) < 4.78 is 1.58. The Kier molecular flexibility index (Phi) is 20.0. The van der Waals surface area contributed by atoms with E-state index in [1.54, 1.807) is 4.27 Å². The summed E-state index contributed by atoms with van der Waals surface area (Å²) in [4.78, 5) is 8.72. The van der Waals surface area contributed by atoms with Crippen molar-refractivity contribution in [3.63, 3.8) is 0 Å². The molecule has 4 heavy (non-hydrogen) atoms. The fourth-order valence-corrected chi connectivity index (χ4v) is 0. The Morgan fingerprint density at radius 1 is 1.75 bits per heavy atom. The van der Waals surface area contributed by atoms with Gasteiger partial charge in [0.1, 0.15) is 0 Å². The first-order valence-electron chi connectivity index (χ1n) is 0.408. The molecule has 0 saturated carbocycles. The van der Waals surface area contributed by atoms with E-state index >= 15 is 0 Å². The largest absolute Gasteiger partial charge is 0 e. The monoisotopic (exact) mass is 310 g/mol. The van der Waals surface area contributed by atoms with E-state index in [4.69, 9.17) is 4.79 Å². The van der Waals surface area contributed by atoms with Crippen molar-refractivity contribution in [1.82, 2.24) is 0 Å². The smallest absolute Gasteiger partial charge is 0 e. The van der Waals surface area contributed by atoms with Gasteiger partial charge in [0, 0.05) is 21.1 Å². The summed E-state index contributed by atoms with van der Waals surface area (Å²) >= 11 is 0.866. The summed E-state index contributed by atoms with van der Waals surface area (Å²) in [5.74, 6) is 0. The Labute approximate surface area is 49.4 Å². The first-order chi connectivity index (χ1) is 1.41. The van der Waals surface area contributed by atoms with Gasteiger partial charge in [-0.05, 0) is 0 Å².